The number of likely N-dealkylation sites (tertiary alicyclic amines) is 1. The molecule has 2 amide bonds. The number of carboxylic acid groups (broad SMARTS) is 1. The summed E-state index contributed by atoms with van der Waals surface area (Å²) in [5, 5.41) is 17.2. The number of aryl methyl sites for hydroxylation is 1. The largest absolute Gasteiger partial charge is 0.483 e. The molecule has 11 heteroatoms. The molecule has 1 aromatic rings. The maximum absolute atomic E-state index is 12.6. The number of nitrogens with two attached hydrogens (primary N) is 1. The summed E-state index contributed by atoms with van der Waals surface area (Å²) in [6, 6.07) is 0.0960. The second-order valence-electron chi connectivity index (χ2n) is 7.59. The van der Waals surface area contributed by atoms with Crippen molar-refractivity contribution in [2.75, 3.05) is 18.8 Å². The number of hydrogen-bond acceptors (Lipinski definition) is 7. The fourth-order valence-corrected chi connectivity index (χ4v) is 3.93. The molecule has 1 saturated carbocycles. The predicted octanol–water partition coefficient (Wildman–Crippen LogP) is 0.0680. The van der Waals surface area contributed by atoms with Crippen molar-refractivity contribution in [3.05, 3.63) is 16.0 Å². The number of amides is 2. The van der Waals surface area contributed by atoms with Crippen LogP contribution in [0.4, 0.5) is 5.95 Å². The molecular formula is C19H30N6O5. The topological polar surface area (TPSA) is 171 Å². The number of carbonyl (C=O) groups is 3. The summed E-state index contributed by atoms with van der Waals surface area (Å²) in [6.07, 6.45) is 7.11. The Morgan fingerprint density at radius 3 is 2.40 bits per heavy atom. The zero-order valence-electron chi connectivity index (χ0n) is 17.0. The molecular weight excluding hydrogens is 392 g/mol. The molecule has 1 saturated heterocycles. The molecule has 1 aliphatic heterocycles. The number of piperidine rings is 1. The van der Waals surface area contributed by atoms with Gasteiger partial charge in [0.15, 0.2) is 0 Å². The molecule has 166 valence electrons. The van der Waals surface area contributed by atoms with Crippen LogP contribution < -0.4 is 16.6 Å². The highest BCUT2D eigenvalue weighted by Crippen LogP contribution is 2.27. The van der Waals surface area contributed by atoms with E-state index in [0.717, 1.165) is 51.6 Å². The van der Waals surface area contributed by atoms with Gasteiger partial charge < -0.3 is 21.1 Å². The van der Waals surface area contributed by atoms with Crippen LogP contribution >= 0.6 is 0 Å². The average Bonchev–Trinajstić information content (AvgIpc) is 2.74. The number of carbonyl (C=O) groups excluding carboxylic acids is 2. The number of nitrogens with one attached hydrogen (secondary N) is 2. The molecule has 2 fully saturated rings. The first-order valence-electron chi connectivity index (χ1n) is 10.3. The summed E-state index contributed by atoms with van der Waals surface area (Å²) in [7, 11) is 0. The fraction of sp³-hybridized carbons (Fsp3) is 0.684. The number of nitrogens with zero attached hydrogens (tertiary/aromatic N) is 3. The Kier molecular flexibility index (Phi) is 9.23. The lowest BCUT2D eigenvalue weighted by Crippen LogP contribution is -2.43. The van der Waals surface area contributed by atoms with E-state index < -0.39 is 5.56 Å². The smallest absolute Gasteiger partial charge is 0.290 e. The molecule has 2 heterocycles. The van der Waals surface area contributed by atoms with Crippen molar-refractivity contribution in [2.45, 2.75) is 63.8 Å². The van der Waals surface area contributed by atoms with E-state index in [-0.39, 0.29) is 48.8 Å². The zero-order chi connectivity index (χ0) is 21.9. The van der Waals surface area contributed by atoms with E-state index >= 15 is 0 Å². The summed E-state index contributed by atoms with van der Waals surface area (Å²) in [5.41, 5.74) is 5.15. The quantitative estimate of drug-likeness (QED) is 0.483. The van der Waals surface area contributed by atoms with Crippen molar-refractivity contribution in [2.24, 2.45) is 5.92 Å². The molecule has 3 rings (SSSR count). The Morgan fingerprint density at radius 1 is 1.17 bits per heavy atom. The summed E-state index contributed by atoms with van der Waals surface area (Å²) in [5.74, 6) is 0.239. The van der Waals surface area contributed by atoms with Gasteiger partial charge in [-0.1, -0.05) is 0 Å². The van der Waals surface area contributed by atoms with E-state index in [0.29, 0.717) is 5.91 Å². The molecule has 5 N–H and O–H groups in total. The zero-order valence-corrected chi connectivity index (χ0v) is 17.0. The first-order chi connectivity index (χ1) is 14.4. The van der Waals surface area contributed by atoms with Gasteiger partial charge in [-0.2, -0.15) is 0 Å². The fourth-order valence-electron chi connectivity index (χ4n) is 3.93. The van der Waals surface area contributed by atoms with Gasteiger partial charge in [-0.05, 0) is 44.9 Å². The number of aromatic amines is 1. The van der Waals surface area contributed by atoms with E-state index in [2.05, 4.69) is 20.5 Å². The second kappa shape index (κ2) is 11.9. The highest BCUT2D eigenvalue weighted by atomic mass is 16.3. The van der Waals surface area contributed by atoms with E-state index in [1.165, 1.54) is 6.42 Å². The first kappa shape index (κ1) is 23.3. The van der Waals surface area contributed by atoms with Crippen LogP contribution in [-0.4, -0.2) is 62.6 Å². The van der Waals surface area contributed by atoms with Crippen molar-refractivity contribution < 1.29 is 19.5 Å². The summed E-state index contributed by atoms with van der Waals surface area (Å²) in [4.78, 5) is 49.1. The summed E-state index contributed by atoms with van der Waals surface area (Å²) >= 11 is 0. The Morgan fingerprint density at radius 2 is 1.80 bits per heavy atom. The van der Waals surface area contributed by atoms with Gasteiger partial charge in [0.1, 0.15) is 5.69 Å². The number of hydrogen-bond donors (Lipinski definition) is 4. The molecule has 11 nitrogen and oxygen atoms in total. The minimum atomic E-state index is -0.410. The van der Waals surface area contributed by atoms with Crippen LogP contribution in [0.5, 0.6) is 0 Å². The lowest BCUT2D eigenvalue weighted by Gasteiger charge is -2.34. The Hall–Kier alpha value is -2.98. The molecule has 1 aliphatic carbocycles. The van der Waals surface area contributed by atoms with Crippen LogP contribution in [-0.2, 0) is 20.8 Å². The van der Waals surface area contributed by atoms with Crippen molar-refractivity contribution in [3.63, 3.8) is 0 Å². The standard InChI is InChI=1S/C18H28N6O3.CH2O2/c19-18-21-16(26)14(22-23-18)8-9-15(25)20-13-6-4-12(5-7-13)17(27)24-10-2-1-3-11-24;2-1-3/h12-13H,1-11H2,(H,20,25)(H3,19,21,23,26);1H,(H,2,3). The van der Waals surface area contributed by atoms with Crippen LogP contribution in [0, 0.1) is 5.92 Å². The summed E-state index contributed by atoms with van der Waals surface area (Å²) < 4.78 is 0. The van der Waals surface area contributed by atoms with E-state index in [1.54, 1.807) is 0 Å². The second-order valence-corrected chi connectivity index (χ2v) is 7.59. The van der Waals surface area contributed by atoms with Crippen molar-refractivity contribution >= 4 is 24.2 Å². The molecule has 30 heavy (non-hydrogen) atoms. The van der Waals surface area contributed by atoms with Gasteiger partial charge >= 0.3 is 0 Å². The third-order valence-corrected chi connectivity index (χ3v) is 5.48. The van der Waals surface area contributed by atoms with E-state index in [9.17, 15) is 14.4 Å². The van der Waals surface area contributed by atoms with Crippen LogP contribution in [0.3, 0.4) is 0 Å². The molecule has 2 aliphatic rings. The SMILES string of the molecule is Nc1nnc(CCC(=O)NC2CCC(C(=O)N3CCCCC3)CC2)c(=O)[nH]1.O=CO. The van der Waals surface area contributed by atoms with Gasteiger partial charge in [0.2, 0.25) is 17.8 Å². The van der Waals surface area contributed by atoms with Gasteiger partial charge in [0, 0.05) is 37.9 Å². The van der Waals surface area contributed by atoms with E-state index in [4.69, 9.17) is 15.6 Å². The minimum Gasteiger partial charge on any atom is -0.483 e. The third-order valence-electron chi connectivity index (χ3n) is 5.48. The van der Waals surface area contributed by atoms with Gasteiger partial charge in [-0.15, -0.1) is 10.2 Å². The molecule has 1 aromatic heterocycles. The maximum atomic E-state index is 12.6. The van der Waals surface area contributed by atoms with Gasteiger partial charge in [0.05, 0.1) is 0 Å². The number of anilines is 1. The van der Waals surface area contributed by atoms with Gasteiger partial charge in [0.25, 0.3) is 12.0 Å². The summed E-state index contributed by atoms with van der Waals surface area (Å²) in [6.45, 7) is 1.53. The Labute approximate surface area is 174 Å². The Balaban J connectivity index is 0.00000101. The van der Waals surface area contributed by atoms with Crippen molar-refractivity contribution in [3.8, 4) is 0 Å². The van der Waals surface area contributed by atoms with Crippen molar-refractivity contribution in [1.82, 2.24) is 25.4 Å². The molecule has 0 bridgehead atoms. The molecule has 0 unspecified atom stereocenters. The van der Waals surface area contributed by atoms with Crippen LogP contribution in [0.15, 0.2) is 4.79 Å². The first-order valence-corrected chi connectivity index (χ1v) is 10.3. The predicted molar refractivity (Wildman–Crippen MR) is 108 cm³/mol. The van der Waals surface area contributed by atoms with Crippen LogP contribution in [0.25, 0.3) is 0 Å². The monoisotopic (exact) mass is 422 g/mol. The molecule has 0 atom stereocenters. The molecule has 0 radical (unpaired) electrons. The number of H-pyrrole nitrogens is 1. The van der Waals surface area contributed by atoms with Gasteiger partial charge in [-0.25, -0.2) is 0 Å². The highest BCUT2D eigenvalue weighted by molar-refractivity contribution is 5.79. The van der Waals surface area contributed by atoms with E-state index in [1.807, 2.05) is 4.90 Å². The minimum absolute atomic E-state index is 0.0379. The van der Waals surface area contributed by atoms with Crippen LogP contribution in [0.1, 0.15) is 57.1 Å². The lowest BCUT2D eigenvalue weighted by atomic mass is 9.84. The molecule has 0 aromatic carbocycles. The maximum Gasteiger partial charge on any atom is 0.290 e. The average molecular weight is 422 g/mol. The van der Waals surface area contributed by atoms with Crippen LogP contribution in [0.2, 0.25) is 0 Å². The van der Waals surface area contributed by atoms with Crippen molar-refractivity contribution in [1.29, 1.82) is 0 Å². The third kappa shape index (κ3) is 7.12. The highest BCUT2D eigenvalue weighted by Gasteiger charge is 2.30. The normalized spacial score (nSPS) is 21.1. The van der Waals surface area contributed by atoms with Gasteiger partial charge in [-0.3, -0.25) is 24.2 Å². The Bertz CT molecular complexity index is 769. The number of rotatable bonds is 5. The number of aromatic nitrogens is 3. The lowest BCUT2D eigenvalue weighted by molar-refractivity contribution is -0.137. The number of nitrogen functional groups attached to an aromatic ring is 1. The molecule has 0 spiro atoms.